The van der Waals surface area contributed by atoms with Crippen LogP contribution in [0.4, 0.5) is 0 Å². The van der Waals surface area contributed by atoms with E-state index in [-0.39, 0.29) is 4.90 Å². The number of rotatable bonds is 5. The Morgan fingerprint density at radius 1 is 1.47 bits per heavy atom. The van der Waals surface area contributed by atoms with Gasteiger partial charge >= 0.3 is 0 Å². The molecule has 0 aliphatic carbocycles. The third kappa shape index (κ3) is 3.94. The zero-order chi connectivity index (χ0) is 12.9. The second kappa shape index (κ2) is 6.33. The van der Waals surface area contributed by atoms with Gasteiger partial charge < -0.3 is 0 Å². The fraction of sp³-hybridized carbons (Fsp3) is 0.364. The van der Waals surface area contributed by atoms with Crippen LogP contribution in [0.5, 0.6) is 0 Å². The molecule has 17 heavy (non-hydrogen) atoms. The molecule has 1 N–H and O–H groups in total. The molecule has 92 valence electrons. The first-order chi connectivity index (χ1) is 8.01. The SMILES string of the molecule is Cc1cc(S(=O)(=O)NCCCI)ccc1C#N. The van der Waals surface area contributed by atoms with Gasteiger partial charge in [-0.2, -0.15) is 5.26 Å². The average molecular weight is 364 g/mol. The quantitative estimate of drug-likeness (QED) is 0.493. The van der Waals surface area contributed by atoms with E-state index in [0.29, 0.717) is 17.7 Å². The molecule has 0 heterocycles. The molecule has 0 aliphatic heterocycles. The topological polar surface area (TPSA) is 70.0 Å². The second-order valence-electron chi connectivity index (χ2n) is 3.53. The monoisotopic (exact) mass is 364 g/mol. The van der Waals surface area contributed by atoms with E-state index in [1.54, 1.807) is 6.92 Å². The molecule has 6 heteroatoms. The van der Waals surface area contributed by atoms with Gasteiger partial charge in [0, 0.05) is 11.0 Å². The maximum absolute atomic E-state index is 11.9. The highest BCUT2D eigenvalue weighted by Crippen LogP contribution is 2.14. The molecule has 0 aromatic heterocycles. The van der Waals surface area contributed by atoms with E-state index in [1.165, 1.54) is 18.2 Å². The predicted molar refractivity (Wildman–Crippen MR) is 74.6 cm³/mol. The van der Waals surface area contributed by atoms with E-state index in [1.807, 2.05) is 6.07 Å². The van der Waals surface area contributed by atoms with Gasteiger partial charge in [-0.25, -0.2) is 13.1 Å². The minimum absolute atomic E-state index is 0.211. The minimum atomic E-state index is -3.44. The van der Waals surface area contributed by atoms with Crippen LogP contribution >= 0.6 is 22.6 Å². The van der Waals surface area contributed by atoms with Gasteiger partial charge in [-0.05, 0) is 37.1 Å². The molecule has 0 bridgehead atoms. The van der Waals surface area contributed by atoms with E-state index >= 15 is 0 Å². The van der Waals surface area contributed by atoms with E-state index in [2.05, 4.69) is 27.3 Å². The van der Waals surface area contributed by atoms with Crippen molar-refractivity contribution in [3.63, 3.8) is 0 Å². The van der Waals surface area contributed by atoms with Crippen molar-refractivity contribution in [3.8, 4) is 6.07 Å². The summed E-state index contributed by atoms with van der Waals surface area (Å²) in [6.45, 7) is 2.16. The Balaban J connectivity index is 2.93. The van der Waals surface area contributed by atoms with Crippen molar-refractivity contribution in [1.29, 1.82) is 5.26 Å². The highest BCUT2D eigenvalue weighted by molar-refractivity contribution is 14.1. The van der Waals surface area contributed by atoms with Crippen LogP contribution in [0.15, 0.2) is 23.1 Å². The number of sulfonamides is 1. The number of halogens is 1. The van der Waals surface area contributed by atoms with Crippen LogP contribution in [0.3, 0.4) is 0 Å². The van der Waals surface area contributed by atoms with Crippen LogP contribution < -0.4 is 4.72 Å². The van der Waals surface area contributed by atoms with Crippen LogP contribution in [-0.2, 0) is 10.0 Å². The molecular formula is C11H13IN2O2S. The third-order valence-corrected chi connectivity index (χ3v) is 4.45. The molecule has 1 rings (SSSR count). The standard InChI is InChI=1S/C11H13IN2O2S/c1-9-7-11(4-3-10(9)8-13)17(15,16)14-6-2-5-12/h3-4,7,14H,2,5-6H2,1H3. The molecule has 0 amide bonds. The van der Waals surface area contributed by atoms with Crippen molar-refractivity contribution in [2.75, 3.05) is 11.0 Å². The summed E-state index contributed by atoms with van der Waals surface area (Å²) in [7, 11) is -3.44. The summed E-state index contributed by atoms with van der Waals surface area (Å²) in [6.07, 6.45) is 0.801. The van der Waals surface area contributed by atoms with Crippen LogP contribution in [0, 0.1) is 18.3 Å². The van der Waals surface area contributed by atoms with Crippen LogP contribution in [0.2, 0.25) is 0 Å². The lowest BCUT2D eigenvalue weighted by Gasteiger charge is -2.07. The number of aryl methyl sites for hydroxylation is 1. The van der Waals surface area contributed by atoms with Crippen LogP contribution in [-0.4, -0.2) is 19.4 Å². The molecule has 0 radical (unpaired) electrons. The molecule has 0 saturated carbocycles. The van der Waals surface area contributed by atoms with Crippen molar-refractivity contribution in [3.05, 3.63) is 29.3 Å². The highest BCUT2D eigenvalue weighted by Gasteiger charge is 2.14. The van der Waals surface area contributed by atoms with Gasteiger partial charge in [-0.15, -0.1) is 0 Å². The lowest BCUT2D eigenvalue weighted by molar-refractivity contribution is 0.581. The molecule has 0 unspecified atom stereocenters. The van der Waals surface area contributed by atoms with Crippen LogP contribution in [0.25, 0.3) is 0 Å². The maximum Gasteiger partial charge on any atom is 0.240 e. The Bertz CT molecular complexity index is 535. The van der Waals surface area contributed by atoms with Crippen molar-refractivity contribution >= 4 is 32.6 Å². The van der Waals surface area contributed by atoms with Gasteiger partial charge in [0.25, 0.3) is 0 Å². The smallest absolute Gasteiger partial charge is 0.211 e. The molecule has 0 spiro atoms. The van der Waals surface area contributed by atoms with E-state index in [0.717, 1.165) is 10.8 Å². The number of benzene rings is 1. The van der Waals surface area contributed by atoms with Crippen molar-refractivity contribution < 1.29 is 8.42 Å². The summed E-state index contributed by atoms with van der Waals surface area (Å²) < 4.78 is 27.2. The number of hydrogen-bond acceptors (Lipinski definition) is 3. The average Bonchev–Trinajstić information content (AvgIpc) is 2.29. The summed E-state index contributed by atoms with van der Waals surface area (Å²) in [5.41, 5.74) is 1.17. The largest absolute Gasteiger partial charge is 0.240 e. The molecule has 0 aliphatic rings. The van der Waals surface area contributed by atoms with Crippen molar-refractivity contribution in [2.45, 2.75) is 18.2 Å². The summed E-state index contributed by atoms with van der Waals surface area (Å²) >= 11 is 2.20. The summed E-state index contributed by atoms with van der Waals surface area (Å²) in [5, 5.41) is 8.77. The molecule has 0 fully saturated rings. The Hall–Kier alpha value is -0.650. The lowest BCUT2D eigenvalue weighted by atomic mass is 10.1. The second-order valence-corrected chi connectivity index (χ2v) is 6.37. The van der Waals surface area contributed by atoms with Crippen LogP contribution in [0.1, 0.15) is 17.5 Å². The summed E-state index contributed by atoms with van der Waals surface area (Å²) in [6, 6.07) is 6.52. The molecule has 0 atom stereocenters. The van der Waals surface area contributed by atoms with E-state index < -0.39 is 10.0 Å². The van der Waals surface area contributed by atoms with E-state index in [9.17, 15) is 8.42 Å². The van der Waals surface area contributed by atoms with Gasteiger partial charge in [0.15, 0.2) is 0 Å². The van der Waals surface area contributed by atoms with Gasteiger partial charge in [0.2, 0.25) is 10.0 Å². The number of nitriles is 1. The van der Waals surface area contributed by atoms with Gasteiger partial charge in [0.05, 0.1) is 16.5 Å². The third-order valence-electron chi connectivity index (χ3n) is 2.23. The first kappa shape index (κ1) is 14.4. The zero-order valence-corrected chi connectivity index (χ0v) is 12.4. The Morgan fingerprint density at radius 2 is 2.18 bits per heavy atom. The molecular weight excluding hydrogens is 351 g/mol. The number of nitrogens with zero attached hydrogens (tertiary/aromatic N) is 1. The molecule has 0 saturated heterocycles. The van der Waals surface area contributed by atoms with Gasteiger partial charge in [0.1, 0.15) is 0 Å². The molecule has 4 nitrogen and oxygen atoms in total. The Morgan fingerprint density at radius 3 is 2.71 bits per heavy atom. The number of hydrogen-bond donors (Lipinski definition) is 1. The first-order valence-corrected chi connectivity index (χ1v) is 8.08. The fourth-order valence-corrected chi connectivity index (χ4v) is 2.83. The number of alkyl halides is 1. The van der Waals surface area contributed by atoms with Crippen molar-refractivity contribution in [1.82, 2.24) is 4.72 Å². The number of nitrogens with one attached hydrogen (secondary N) is 1. The van der Waals surface area contributed by atoms with Gasteiger partial charge in [-0.1, -0.05) is 22.6 Å². The van der Waals surface area contributed by atoms with Crippen molar-refractivity contribution in [2.24, 2.45) is 0 Å². The minimum Gasteiger partial charge on any atom is -0.211 e. The summed E-state index contributed by atoms with van der Waals surface area (Å²) in [4.78, 5) is 0.211. The normalized spacial score (nSPS) is 11.1. The fourth-order valence-electron chi connectivity index (χ4n) is 1.29. The Kier molecular flexibility index (Phi) is 5.36. The lowest BCUT2D eigenvalue weighted by Crippen LogP contribution is -2.25. The molecule has 1 aromatic carbocycles. The summed E-state index contributed by atoms with van der Waals surface area (Å²) in [5.74, 6) is 0. The zero-order valence-electron chi connectivity index (χ0n) is 9.40. The first-order valence-electron chi connectivity index (χ1n) is 5.07. The van der Waals surface area contributed by atoms with E-state index in [4.69, 9.17) is 5.26 Å². The molecule has 1 aromatic rings. The highest BCUT2D eigenvalue weighted by atomic mass is 127. The maximum atomic E-state index is 11.9. The Labute approximate surface area is 115 Å². The predicted octanol–water partition coefficient (Wildman–Crippen LogP) is 1.97. The van der Waals surface area contributed by atoms with Gasteiger partial charge in [-0.3, -0.25) is 0 Å².